The van der Waals surface area contributed by atoms with Crippen LogP contribution in [0.25, 0.3) is 21.5 Å². The molecule has 2 saturated heterocycles. The fourth-order valence-electron chi connectivity index (χ4n) is 5.51. The van der Waals surface area contributed by atoms with Crippen LogP contribution in [0.4, 0.5) is 6.01 Å². The topological polar surface area (TPSA) is 71.3 Å². The minimum Gasteiger partial charge on any atom is -0.424 e. The lowest BCUT2D eigenvalue weighted by molar-refractivity contribution is 0.0728. The maximum absolute atomic E-state index is 13.7. The molecule has 4 aliphatic rings. The van der Waals surface area contributed by atoms with Crippen molar-refractivity contribution in [3.8, 4) is 10.4 Å². The first-order valence-corrected chi connectivity index (χ1v) is 11.9. The third kappa shape index (κ3) is 2.67. The predicted octanol–water partition coefficient (Wildman–Crippen LogP) is 5.09. The van der Waals surface area contributed by atoms with E-state index in [0.717, 1.165) is 26.5 Å². The van der Waals surface area contributed by atoms with Crippen LogP contribution < -0.4 is 5.32 Å². The summed E-state index contributed by atoms with van der Waals surface area (Å²) in [5.41, 5.74) is 3.06. The van der Waals surface area contributed by atoms with Crippen LogP contribution in [0.5, 0.6) is 0 Å². The molecule has 5 atom stereocenters. The summed E-state index contributed by atoms with van der Waals surface area (Å²) in [6.07, 6.45) is 0. The molecular formula is C24H19ClN4O2S. The molecule has 0 radical (unpaired) electrons. The lowest BCUT2D eigenvalue weighted by atomic mass is 10.1. The van der Waals surface area contributed by atoms with Gasteiger partial charge in [-0.2, -0.15) is 4.98 Å². The number of carbonyl (C=O) groups excluding carboxylic acids is 1. The normalized spacial score (nSPS) is 26.9. The molecule has 2 saturated carbocycles. The predicted molar refractivity (Wildman–Crippen MR) is 124 cm³/mol. The van der Waals surface area contributed by atoms with Crippen LogP contribution in [0.1, 0.15) is 15.5 Å². The zero-order valence-corrected chi connectivity index (χ0v) is 18.7. The zero-order valence-electron chi connectivity index (χ0n) is 17.2. The summed E-state index contributed by atoms with van der Waals surface area (Å²) in [6, 6.07) is 16.3. The van der Waals surface area contributed by atoms with Crippen LogP contribution in [0.3, 0.4) is 0 Å². The second-order valence-electron chi connectivity index (χ2n) is 8.79. The van der Waals surface area contributed by atoms with Crippen molar-refractivity contribution in [1.29, 1.82) is 0 Å². The molecule has 1 N–H and O–H groups in total. The molecule has 2 aromatic heterocycles. The number of nitrogens with zero attached hydrogens (tertiary/aromatic N) is 3. The number of aryl methyl sites for hydroxylation is 1. The molecule has 1 amide bonds. The van der Waals surface area contributed by atoms with Gasteiger partial charge in [0.1, 0.15) is 11.2 Å². The SMILES string of the molecule is Cc1nc(C(=O)N2C3[C@H]4C([C@@H]34)[C@H]2CNc2nc3ccccc3o2)c(-c2cccc(Cl)c2)s1. The molecule has 0 spiro atoms. The number of amides is 1. The fraction of sp³-hybridized carbons (Fsp3) is 0.292. The van der Waals surface area contributed by atoms with Crippen molar-refractivity contribution in [1.82, 2.24) is 14.9 Å². The number of piperidine rings is 1. The van der Waals surface area contributed by atoms with E-state index in [-0.39, 0.29) is 11.9 Å². The summed E-state index contributed by atoms with van der Waals surface area (Å²) in [5.74, 6) is 1.91. The summed E-state index contributed by atoms with van der Waals surface area (Å²) < 4.78 is 5.81. The van der Waals surface area contributed by atoms with Gasteiger partial charge in [-0.25, -0.2) is 4.98 Å². The van der Waals surface area contributed by atoms with Crippen molar-refractivity contribution in [2.24, 2.45) is 17.8 Å². The first-order chi connectivity index (χ1) is 15.6. The summed E-state index contributed by atoms with van der Waals surface area (Å²) in [5, 5.41) is 4.87. The molecule has 8 rings (SSSR count). The Balaban J connectivity index is 1.16. The largest absolute Gasteiger partial charge is 0.424 e. The van der Waals surface area contributed by atoms with Gasteiger partial charge in [0.2, 0.25) is 0 Å². The average Bonchev–Trinajstić information content (AvgIpc) is 3.41. The van der Waals surface area contributed by atoms with E-state index >= 15 is 0 Å². The van der Waals surface area contributed by atoms with Crippen LogP contribution in [0, 0.1) is 24.7 Å². The number of oxazole rings is 1. The number of aromatic nitrogens is 2. The lowest BCUT2D eigenvalue weighted by Gasteiger charge is -2.24. The smallest absolute Gasteiger partial charge is 0.295 e. The number of fused-ring (bicyclic) bond motifs is 2. The summed E-state index contributed by atoms with van der Waals surface area (Å²) in [6.45, 7) is 2.57. The van der Waals surface area contributed by atoms with Crippen LogP contribution in [0.2, 0.25) is 5.02 Å². The van der Waals surface area contributed by atoms with E-state index in [1.807, 2.05) is 55.5 Å². The highest BCUT2D eigenvalue weighted by Gasteiger charge is 2.85. The molecule has 8 heteroatoms. The monoisotopic (exact) mass is 462 g/mol. The first kappa shape index (κ1) is 18.7. The Morgan fingerprint density at radius 2 is 2.00 bits per heavy atom. The molecule has 2 aliphatic carbocycles. The fourth-order valence-corrected chi connectivity index (χ4v) is 6.60. The minimum absolute atomic E-state index is 0.0196. The van der Waals surface area contributed by atoms with Crippen LogP contribution in [-0.2, 0) is 0 Å². The van der Waals surface area contributed by atoms with E-state index in [0.29, 0.717) is 47.1 Å². The van der Waals surface area contributed by atoms with Crippen molar-refractivity contribution in [2.45, 2.75) is 19.0 Å². The van der Waals surface area contributed by atoms with Gasteiger partial charge in [0.05, 0.1) is 15.9 Å². The van der Waals surface area contributed by atoms with Crippen LogP contribution >= 0.6 is 22.9 Å². The number of nitrogens with one attached hydrogen (secondary N) is 1. The Hall–Kier alpha value is -2.90. The maximum atomic E-state index is 13.7. The third-order valence-electron chi connectivity index (χ3n) is 6.98. The molecule has 2 unspecified atom stereocenters. The summed E-state index contributed by atoms with van der Waals surface area (Å²) in [4.78, 5) is 25.8. The molecule has 6 nitrogen and oxygen atoms in total. The summed E-state index contributed by atoms with van der Waals surface area (Å²) in [7, 11) is 0. The van der Waals surface area contributed by atoms with E-state index in [4.69, 9.17) is 16.0 Å². The van der Waals surface area contributed by atoms with Gasteiger partial charge in [0, 0.05) is 17.6 Å². The number of benzene rings is 2. The third-order valence-corrected chi connectivity index (χ3v) is 8.23. The molecule has 32 heavy (non-hydrogen) atoms. The molecule has 160 valence electrons. The van der Waals surface area contributed by atoms with Crippen LogP contribution in [0.15, 0.2) is 52.9 Å². The Kier molecular flexibility index (Phi) is 3.82. The highest BCUT2D eigenvalue weighted by Crippen LogP contribution is 2.78. The van der Waals surface area contributed by atoms with E-state index in [1.54, 1.807) is 11.3 Å². The van der Waals surface area contributed by atoms with Gasteiger partial charge in [-0.05, 0) is 54.5 Å². The van der Waals surface area contributed by atoms with Gasteiger partial charge in [-0.15, -0.1) is 11.3 Å². The van der Waals surface area contributed by atoms with E-state index in [1.165, 1.54) is 0 Å². The van der Waals surface area contributed by atoms with Crippen molar-refractivity contribution in [3.63, 3.8) is 0 Å². The number of anilines is 1. The number of halogens is 1. The van der Waals surface area contributed by atoms with Crippen molar-refractivity contribution < 1.29 is 9.21 Å². The molecule has 4 aromatic rings. The average molecular weight is 463 g/mol. The maximum Gasteiger partial charge on any atom is 0.295 e. The zero-order chi connectivity index (χ0) is 21.6. The van der Waals surface area contributed by atoms with Gasteiger partial charge < -0.3 is 14.6 Å². The van der Waals surface area contributed by atoms with Gasteiger partial charge in [-0.3, -0.25) is 4.79 Å². The number of rotatable bonds is 5. The Morgan fingerprint density at radius 3 is 2.81 bits per heavy atom. The number of carbonyl (C=O) groups is 1. The summed E-state index contributed by atoms with van der Waals surface area (Å²) >= 11 is 7.75. The van der Waals surface area contributed by atoms with E-state index in [9.17, 15) is 4.79 Å². The molecular weight excluding hydrogens is 444 g/mol. The quantitative estimate of drug-likeness (QED) is 0.447. The Morgan fingerprint density at radius 1 is 1.16 bits per heavy atom. The number of hydrogen-bond acceptors (Lipinski definition) is 6. The van der Waals surface area contributed by atoms with Gasteiger partial charge >= 0.3 is 0 Å². The molecule has 2 aliphatic heterocycles. The van der Waals surface area contributed by atoms with E-state index < -0.39 is 0 Å². The van der Waals surface area contributed by atoms with Gasteiger partial charge in [0.15, 0.2) is 5.58 Å². The molecule has 2 aromatic carbocycles. The molecule has 4 heterocycles. The van der Waals surface area contributed by atoms with Crippen molar-refractivity contribution in [2.75, 3.05) is 11.9 Å². The Bertz CT molecular complexity index is 1350. The number of thiazole rings is 1. The minimum atomic E-state index is 0.0196. The van der Waals surface area contributed by atoms with Crippen molar-refractivity contribution >= 4 is 46.0 Å². The second kappa shape index (κ2) is 6.56. The number of hydrogen-bond donors (Lipinski definition) is 1. The highest BCUT2D eigenvalue weighted by atomic mass is 35.5. The standard InChI is InChI=1S/C24H19ClN4O2S/c1-11-27-20(22(32-11)12-5-4-6-13(25)9-12)23(30)29-15(17-18-19(17)21(18)29)10-26-24-28-14-7-2-3-8-16(14)31-24/h2-9,15,17-19,21H,10H2,1H3,(H,26,28)/t15-,17?,18-,19+,21?/m1/s1. The van der Waals surface area contributed by atoms with Gasteiger partial charge in [0.25, 0.3) is 11.9 Å². The van der Waals surface area contributed by atoms with Crippen molar-refractivity contribution in [3.05, 3.63) is 64.3 Å². The Labute approximate surface area is 193 Å². The molecule has 4 fully saturated rings. The number of para-hydroxylation sites is 2. The van der Waals surface area contributed by atoms with E-state index in [2.05, 4.69) is 20.2 Å². The second-order valence-corrected chi connectivity index (χ2v) is 10.4. The molecule has 2 bridgehead atoms. The lowest BCUT2D eigenvalue weighted by Crippen LogP contribution is -2.40. The highest BCUT2D eigenvalue weighted by molar-refractivity contribution is 7.15. The van der Waals surface area contributed by atoms with Gasteiger partial charge in [-0.1, -0.05) is 35.9 Å². The first-order valence-electron chi connectivity index (χ1n) is 10.8. The van der Waals surface area contributed by atoms with Crippen LogP contribution in [-0.4, -0.2) is 39.4 Å².